The molecular formula is C15H26N4. The zero-order valence-electron chi connectivity index (χ0n) is 12.3. The van der Waals surface area contributed by atoms with E-state index < -0.39 is 0 Å². The quantitative estimate of drug-likeness (QED) is 0.899. The van der Waals surface area contributed by atoms with Crippen molar-refractivity contribution in [2.24, 2.45) is 11.8 Å². The van der Waals surface area contributed by atoms with Gasteiger partial charge in [0.15, 0.2) is 0 Å². The molecule has 1 aromatic heterocycles. The van der Waals surface area contributed by atoms with Crippen molar-refractivity contribution in [1.29, 1.82) is 0 Å². The van der Waals surface area contributed by atoms with Crippen LogP contribution in [0.4, 0.5) is 0 Å². The van der Waals surface area contributed by atoms with Crippen LogP contribution in [0.25, 0.3) is 0 Å². The number of rotatable bonds is 4. The maximum Gasteiger partial charge on any atom is 0.0765 e. The number of fused-ring (bicyclic) bond motifs is 1. The van der Waals surface area contributed by atoms with E-state index in [1.54, 1.807) is 0 Å². The van der Waals surface area contributed by atoms with Gasteiger partial charge in [-0.3, -0.25) is 9.58 Å². The maximum absolute atomic E-state index is 4.70. The average Bonchev–Trinajstić information content (AvgIpc) is 3.04. The number of nitrogens with one attached hydrogen (secondary N) is 1. The van der Waals surface area contributed by atoms with Crippen LogP contribution in [0.15, 0.2) is 12.3 Å². The van der Waals surface area contributed by atoms with Gasteiger partial charge in [0, 0.05) is 31.4 Å². The van der Waals surface area contributed by atoms with Crippen LogP contribution in [0.5, 0.6) is 0 Å². The van der Waals surface area contributed by atoms with E-state index >= 15 is 0 Å². The lowest BCUT2D eigenvalue weighted by Gasteiger charge is -2.25. The van der Waals surface area contributed by atoms with Crippen molar-refractivity contribution < 1.29 is 0 Å². The van der Waals surface area contributed by atoms with Crippen molar-refractivity contribution in [2.45, 2.75) is 45.8 Å². The predicted molar refractivity (Wildman–Crippen MR) is 77.0 cm³/mol. The van der Waals surface area contributed by atoms with Gasteiger partial charge in [-0.1, -0.05) is 6.92 Å². The van der Waals surface area contributed by atoms with E-state index in [9.17, 15) is 0 Å². The molecule has 0 bridgehead atoms. The summed E-state index contributed by atoms with van der Waals surface area (Å²) in [6.07, 6.45) is 3.37. The van der Waals surface area contributed by atoms with Crippen molar-refractivity contribution in [2.75, 3.05) is 19.6 Å². The fourth-order valence-electron chi connectivity index (χ4n) is 3.81. The van der Waals surface area contributed by atoms with E-state index in [1.165, 1.54) is 31.7 Å². The molecule has 1 N–H and O–H groups in total. The van der Waals surface area contributed by atoms with Gasteiger partial charge < -0.3 is 5.32 Å². The van der Waals surface area contributed by atoms with Crippen molar-refractivity contribution in [3.8, 4) is 0 Å². The molecule has 3 rings (SSSR count). The first-order valence-electron chi connectivity index (χ1n) is 7.67. The summed E-state index contributed by atoms with van der Waals surface area (Å²) >= 11 is 0. The lowest BCUT2D eigenvalue weighted by atomic mass is 9.93. The molecule has 0 saturated carbocycles. The van der Waals surface area contributed by atoms with Crippen LogP contribution in [0, 0.1) is 11.8 Å². The summed E-state index contributed by atoms with van der Waals surface area (Å²) in [6, 6.07) is 3.38. The number of hydrogen-bond donors (Lipinski definition) is 1. The minimum atomic E-state index is 0.456. The first kappa shape index (κ1) is 13.1. The van der Waals surface area contributed by atoms with Gasteiger partial charge in [-0.25, -0.2) is 0 Å². The molecule has 1 aromatic rings. The highest BCUT2D eigenvalue weighted by molar-refractivity contribution is 5.04. The Morgan fingerprint density at radius 2 is 2.26 bits per heavy atom. The Labute approximate surface area is 116 Å². The molecule has 0 aliphatic carbocycles. The summed E-state index contributed by atoms with van der Waals surface area (Å²) in [5.74, 6) is 1.72. The Bertz CT molecular complexity index is 426. The molecule has 0 spiro atoms. The largest absolute Gasteiger partial charge is 0.316 e. The lowest BCUT2D eigenvalue weighted by molar-refractivity contribution is 0.207. The highest BCUT2D eigenvalue weighted by atomic mass is 15.3. The fraction of sp³-hybridized carbons (Fsp3) is 0.800. The predicted octanol–water partition coefficient (Wildman–Crippen LogP) is 1.89. The maximum atomic E-state index is 4.70. The Hall–Kier alpha value is -0.870. The third-order valence-corrected chi connectivity index (χ3v) is 4.80. The summed E-state index contributed by atoms with van der Waals surface area (Å²) in [7, 11) is 0. The Balaban J connectivity index is 1.68. The van der Waals surface area contributed by atoms with E-state index in [-0.39, 0.29) is 0 Å². The molecule has 3 heterocycles. The number of aromatic nitrogens is 2. The monoisotopic (exact) mass is 262 g/mol. The van der Waals surface area contributed by atoms with Gasteiger partial charge in [-0.15, -0.1) is 0 Å². The molecule has 2 aliphatic heterocycles. The lowest BCUT2D eigenvalue weighted by Crippen LogP contribution is -2.34. The molecule has 4 heteroatoms. The van der Waals surface area contributed by atoms with Crippen LogP contribution in [0.3, 0.4) is 0 Å². The molecule has 0 radical (unpaired) electrons. The molecule has 3 unspecified atom stereocenters. The Morgan fingerprint density at radius 3 is 2.95 bits per heavy atom. The summed E-state index contributed by atoms with van der Waals surface area (Å²) in [4.78, 5) is 2.66. The van der Waals surface area contributed by atoms with Crippen LogP contribution >= 0.6 is 0 Å². The molecule has 0 aromatic carbocycles. The Kier molecular flexibility index (Phi) is 3.63. The van der Waals surface area contributed by atoms with E-state index in [2.05, 4.69) is 47.9 Å². The third-order valence-electron chi connectivity index (χ3n) is 4.80. The number of nitrogens with zero attached hydrogens (tertiary/aromatic N) is 3. The molecular weight excluding hydrogens is 236 g/mol. The molecule has 3 atom stereocenters. The van der Waals surface area contributed by atoms with Gasteiger partial charge in [0.05, 0.1) is 5.69 Å². The number of hydrogen-bond acceptors (Lipinski definition) is 3. The second kappa shape index (κ2) is 5.25. The first-order valence-corrected chi connectivity index (χ1v) is 7.67. The van der Waals surface area contributed by atoms with Gasteiger partial charge >= 0.3 is 0 Å². The van der Waals surface area contributed by atoms with Gasteiger partial charge in [0.25, 0.3) is 0 Å². The highest BCUT2D eigenvalue weighted by Gasteiger charge is 2.42. The van der Waals surface area contributed by atoms with Crippen LogP contribution in [0.2, 0.25) is 0 Å². The SMILES string of the molecule is CCC1C2CNCC2CN1Cc1ccn(C(C)C)n1. The fourth-order valence-corrected chi connectivity index (χ4v) is 3.81. The summed E-state index contributed by atoms with van der Waals surface area (Å²) in [5.41, 5.74) is 1.22. The summed E-state index contributed by atoms with van der Waals surface area (Å²) in [6.45, 7) is 11.4. The minimum Gasteiger partial charge on any atom is -0.316 e. The van der Waals surface area contributed by atoms with Gasteiger partial charge in [-0.05, 0) is 51.3 Å². The van der Waals surface area contributed by atoms with Crippen LogP contribution in [-0.2, 0) is 6.54 Å². The van der Waals surface area contributed by atoms with E-state index in [0.29, 0.717) is 6.04 Å². The minimum absolute atomic E-state index is 0.456. The summed E-state index contributed by atoms with van der Waals surface area (Å²) < 4.78 is 2.06. The average molecular weight is 262 g/mol. The van der Waals surface area contributed by atoms with E-state index in [0.717, 1.165) is 24.4 Å². The smallest absolute Gasteiger partial charge is 0.0765 e. The van der Waals surface area contributed by atoms with Crippen LogP contribution in [-0.4, -0.2) is 40.4 Å². The van der Waals surface area contributed by atoms with Gasteiger partial charge in [-0.2, -0.15) is 5.10 Å². The van der Waals surface area contributed by atoms with Crippen LogP contribution in [0.1, 0.15) is 38.9 Å². The molecule has 106 valence electrons. The van der Waals surface area contributed by atoms with Crippen molar-refractivity contribution >= 4 is 0 Å². The molecule has 2 aliphatic rings. The second-order valence-electron chi connectivity index (χ2n) is 6.37. The van der Waals surface area contributed by atoms with Crippen molar-refractivity contribution in [3.63, 3.8) is 0 Å². The second-order valence-corrected chi connectivity index (χ2v) is 6.37. The van der Waals surface area contributed by atoms with E-state index in [1.807, 2.05) is 0 Å². The zero-order chi connectivity index (χ0) is 13.4. The van der Waals surface area contributed by atoms with Crippen molar-refractivity contribution in [1.82, 2.24) is 20.0 Å². The van der Waals surface area contributed by atoms with E-state index in [4.69, 9.17) is 5.10 Å². The third kappa shape index (κ3) is 2.43. The first-order chi connectivity index (χ1) is 9.19. The number of likely N-dealkylation sites (tertiary alicyclic amines) is 1. The zero-order valence-corrected chi connectivity index (χ0v) is 12.3. The molecule has 0 amide bonds. The molecule has 4 nitrogen and oxygen atoms in total. The Morgan fingerprint density at radius 1 is 1.42 bits per heavy atom. The molecule has 19 heavy (non-hydrogen) atoms. The standard InChI is InChI=1S/C15H26N4/c1-4-15-14-8-16-7-12(14)9-18(15)10-13-5-6-19(17-13)11(2)3/h5-6,11-12,14-16H,4,7-10H2,1-3H3. The summed E-state index contributed by atoms with van der Waals surface area (Å²) in [5, 5.41) is 8.24. The van der Waals surface area contributed by atoms with Gasteiger partial charge in [0.2, 0.25) is 0 Å². The van der Waals surface area contributed by atoms with Crippen LogP contribution < -0.4 is 5.32 Å². The topological polar surface area (TPSA) is 33.1 Å². The van der Waals surface area contributed by atoms with Gasteiger partial charge in [0.1, 0.15) is 0 Å². The highest BCUT2D eigenvalue weighted by Crippen LogP contribution is 2.34. The van der Waals surface area contributed by atoms with Crippen molar-refractivity contribution in [3.05, 3.63) is 18.0 Å². The normalized spacial score (nSPS) is 31.3. The molecule has 2 saturated heterocycles. The molecule has 2 fully saturated rings.